The zero-order chi connectivity index (χ0) is 17.0. The molecule has 5 nitrogen and oxygen atoms in total. The molecule has 0 radical (unpaired) electrons. The molecule has 0 saturated carbocycles. The van der Waals surface area contributed by atoms with Crippen LogP contribution in [0, 0.1) is 5.92 Å². The van der Waals surface area contributed by atoms with E-state index in [4.69, 9.17) is 5.14 Å². The highest BCUT2D eigenvalue weighted by molar-refractivity contribution is 7.91. The third-order valence-corrected chi connectivity index (χ3v) is 5.60. The Balaban J connectivity index is 0.00000288. The fraction of sp³-hybridized carbons (Fsp3) is 0.312. The summed E-state index contributed by atoms with van der Waals surface area (Å²) in [5, 5.41) is 9.91. The summed E-state index contributed by atoms with van der Waals surface area (Å²) >= 11 is 0.953. The molecule has 0 atom stereocenters. The molecular formula is C16H21ClN2O3S2. The molecule has 3 N–H and O–H groups in total. The van der Waals surface area contributed by atoms with Gasteiger partial charge in [-0.25, -0.2) is 13.6 Å². The summed E-state index contributed by atoms with van der Waals surface area (Å²) in [7, 11) is -3.76. The Labute approximate surface area is 152 Å². The number of primary sulfonamides is 1. The first kappa shape index (κ1) is 20.8. The predicted octanol–water partition coefficient (Wildman–Crippen LogP) is 2.79. The molecule has 0 saturated heterocycles. The first-order valence-corrected chi connectivity index (χ1v) is 9.65. The Kier molecular flexibility index (Phi) is 7.56. The summed E-state index contributed by atoms with van der Waals surface area (Å²) < 4.78 is 22.5. The summed E-state index contributed by atoms with van der Waals surface area (Å²) in [5.41, 5.74) is 1.96. The molecule has 2 rings (SSSR count). The summed E-state index contributed by atoms with van der Waals surface area (Å²) in [4.78, 5) is 12.4. The molecule has 0 bridgehead atoms. The maximum Gasteiger partial charge on any atom is 0.247 e. The van der Waals surface area contributed by atoms with Crippen LogP contribution in [0.3, 0.4) is 0 Å². The van der Waals surface area contributed by atoms with Crippen molar-refractivity contribution in [3.8, 4) is 0 Å². The Morgan fingerprint density at radius 2 is 1.83 bits per heavy atom. The number of hydrogen-bond acceptors (Lipinski definition) is 5. The van der Waals surface area contributed by atoms with Crippen molar-refractivity contribution in [3.63, 3.8) is 0 Å². The molecule has 0 aliphatic rings. The average Bonchev–Trinajstić information content (AvgIpc) is 2.97. The number of carbonyl (C=O) groups excluding carboxylic acids is 1. The fourth-order valence-electron chi connectivity index (χ4n) is 2.03. The molecule has 1 heterocycles. The van der Waals surface area contributed by atoms with Gasteiger partial charge in [-0.3, -0.25) is 4.79 Å². The third kappa shape index (κ3) is 5.68. The number of halogens is 1. The number of thiophene rings is 1. The highest BCUT2D eigenvalue weighted by atomic mass is 35.5. The number of carbonyl (C=O) groups is 1. The second kappa shape index (κ2) is 8.73. The summed E-state index contributed by atoms with van der Waals surface area (Å²) in [6.45, 7) is 5.98. The molecule has 0 unspecified atom stereocenters. The van der Waals surface area contributed by atoms with Crippen molar-refractivity contribution in [2.75, 3.05) is 6.54 Å². The number of benzene rings is 1. The van der Waals surface area contributed by atoms with Gasteiger partial charge in [-0.1, -0.05) is 38.1 Å². The van der Waals surface area contributed by atoms with Crippen molar-refractivity contribution in [3.05, 3.63) is 52.4 Å². The minimum atomic E-state index is -3.76. The van der Waals surface area contributed by atoms with Gasteiger partial charge in [0.2, 0.25) is 10.0 Å². The van der Waals surface area contributed by atoms with Crippen LogP contribution in [-0.2, 0) is 16.6 Å². The van der Waals surface area contributed by atoms with E-state index in [9.17, 15) is 13.2 Å². The lowest BCUT2D eigenvalue weighted by Crippen LogP contribution is -2.18. The number of hydrogen-bond donors (Lipinski definition) is 2. The molecular weight excluding hydrogens is 368 g/mol. The van der Waals surface area contributed by atoms with Gasteiger partial charge < -0.3 is 5.32 Å². The quantitative estimate of drug-likeness (QED) is 0.713. The second-order valence-corrected chi connectivity index (χ2v) is 8.45. The van der Waals surface area contributed by atoms with Crippen molar-refractivity contribution < 1.29 is 13.2 Å². The lowest BCUT2D eigenvalue weighted by atomic mass is 10.0. The molecule has 8 heteroatoms. The molecule has 0 fully saturated rings. The van der Waals surface area contributed by atoms with E-state index in [1.54, 1.807) is 12.1 Å². The van der Waals surface area contributed by atoms with Crippen LogP contribution < -0.4 is 10.5 Å². The van der Waals surface area contributed by atoms with Crippen molar-refractivity contribution in [1.82, 2.24) is 5.32 Å². The van der Waals surface area contributed by atoms with E-state index >= 15 is 0 Å². The van der Waals surface area contributed by atoms with E-state index in [0.29, 0.717) is 17.0 Å². The van der Waals surface area contributed by atoms with Crippen LogP contribution in [-0.4, -0.2) is 20.7 Å². The smallest absolute Gasteiger partial charge is 0.247 e. The van der Waals surface area contributed by atoms with Crippen molar-refractivity contribution in [1.29, 1.82) is 0 Å². The van der Waals surface area contributed by atoms with E-state index in [1.807, 2.05) is 12.1 Å². The van der Waals surface area contributed by atoms with Gasteiger partial charge in [-0.2, -0.15) is 0 Å². The first-order chi connectivity index (χ1) is 10.8. The number of sulfonamides is 1. The van der Waals surface area contributed by atoms with Crippen molar-refractivity contribution in [2.24, 2.45) is 11.1 Å². The van der Waals surface area contributed by atoms with Crippen LogP contribution in [0.25, 0.3) is 0 Å². The zero-order valence-electron chi connectivity index (χ0n) is 13.5. The van der Waals surface area contributed by atoms with Gasteiger partial charge in [0.15, 0.2) is 5.78 Å². The summed E-state index contributed by atoms with van der Waals surface area (Å²) in [6, 6.07) is 8.62. The van der Waals surface area contributed by atoms with Gasteiger partial charge >= 0.3 is 0 Å². The SMILES string of the molecule is CC(C)CNCc1ccc(C(=O)c2csc(S(N)(=O)=O)c2)cc1.Cl. The lowest BCUT2D eigenvalue weighted by Gasteiger charge is -2.07. The summed E-state index contributed by atoms with van der Waals surface area (Å²) in [5.74, 6) is 0.375. The second-order valence-electron chi connectivity index (χ2n) is 5.75. The molecule has 1 aromatic heterocycles. The predicted molar refractivity (Wildman–Crippen MR) is 99.4 cm³/mol. The fourth-order valence-corrected chi connectivity index (χ4v) is 3.62. The van der Waals surface area contributed by atoms with Gasteiger partial charge in [-0.15, -0.1) is 23.7 Å². The molecule has 24 heavy (non-hydrogen) atoms. The third-order valence-electron chi connectivity index (χ3n) is 3.22. The molecule has 2 aromatic rings. The molecule has 0 aliphatic heterocycles. The first-order valence-electron chi connectivity index (χ1n) is 7.23. The van der Waals surface area contributed by atoms with E-state index in [1.165, 1.54) is 11.4 Å². The number of ketones is 1. The highest BCUT2D eigenvalue weighted by Gasteiger charge is 2.16. The van der Waals surface area contributed by atoms with Crippen LogP contribution in [0.2, 0.25) is 0 Å². The van der Waals surface area contributed by atoms with Gasteiger partial charge in [-0.05, 0) is 24.1 Å². The monoisotopic (exact) mass is 388 g/mol. The van der Waals surface area contributed by atoms with E-state index < -0.39 is 10.0 Å². The van der Waals surface area contributed by atoms with Gasteiger partial charge in [0.1, 0.15) is 4.21 Å². The Morgan fingerprint density at radius 1 is 1.21 bits per heavy atom. The number of nitrogens with two attached hydrogens (primary N) is 1. The molecule has 0 spiro atoms. The van der Waals surface area contributed by atoms with Crippen molar-refractivity contribution in [2.45, 2.75) is 24.6 Å². The Hall–Kier alpha value is -1.25. The lowest BCUT2D eigenvalue weighted by molar-refractivity contribution is 0.103. The van der Waals surface area contributed by atoms with Gasteiger partial charge in [0, 0.05) is 23.1 Å². The molecule has 0 aliphatic carbocycles. The molecule has 1 aromatic carbocycles. The minimum Gasteiger partial charge on any atom is -0.312 e. The number of rotatable bonds is 7. The van der Waals surface area contributed by atoms with Crippen LogP contribution in [0.15, 0.2) is 39.9 Å². The Bertz CT molecular complexity index is 784. The van der Waals surface area contributed by atoms with Crippen LogP contribution in [0.4, 0.5) is 0 Å². The molecule has 0 amide bonds. The maximum absolute atomic E-state index is 12.4. The van der Waals surface area contributed by atoms with E-state index in [2.05, 4.69) is 19.2 Å². The van der Waals surface area contributed by atoms with Crippen LogP contribution in [0.1, 0.15) is 35.3 Å². The van der Waals surface area contributed by atoms with E-state index in [-0.39, 0.29) is 22.4 Å². The zero-order valence-corrected chi connectivity index (χ0v) is 15.9. The van der Waals surface area contributed by atoms with Crippen LogP contribution in [0.5, 0.6) is 0 Å². The van der Waals surface area contributed by atoms with Crippen LogP contribution >= 0.6 is 23.7 Å². The van der Waals surface area contributed by atoms with Gasteiger partial charge in [0.05, 0.1) is 0 Å². The standard InChI is InChI=1S/C16H20N2O3S2.ClH/c1-11(2)8-18-9-12-3-5-13(6-4-12)16(19)14-7-15(22-10-14)23(17,20)21;/h3-7,10-11,18H,8-9H2,1-2H3,(H2,17,20,21);1H. The van der Waals surface area contributed by atoms with E-state index in [0.717, 1.165) is 30.0 Å². The Morgan fingerprint density at radius 3 is 2.33 bits per heavy atom. The normalized spacial score (nSPS) is 11.3. The summed E-state index contributed by atoms with van der Waals surface area (Å²) in [6.07, 6.45) is 0. The average molecular weight is 389 g/mol. The molecule has 132 valence electrons. The minimum absolute atomic E-state index is 0. The number of nitrogens with one attached hydrogen (secondary N) is 1. The highest BCUT2D eigenvalue weighted by Crippen LogP contribution is 2.21. The maximum atomic E-state index is 12.4. The largest absolute Gasteiger partial charge is 0.312 e. The van der Waals surface area contributed by atoms with Gasteiger partial charge in [0.25, 0.3) is 0 Å². The topological polar surface area (TPSA) is 89.3 Å². The van der Waals surface area contributed by atoms with Crippen molar-refractivity contribution >= 4 is 39.6 Å².